The minimum atomic E-state index is -1.07. The first-order chi connectivity index (χ1) is 34.9. The van der Waals surface area contributed by atoms with Gasteiger partial charge in [0, 0.05) is 55.0 Å². The molecule has 3 aromatic heterocycles. The molecule has 15 nitrogen and oxygen atoms in total. The van der Waals surface area contributed by atoms with Gasteiger partial charge in [-0.25, -0.2) is 9.97 Å². The van der Waals surface area contributed by atoms with E-state index in [1.165, 1.54) is 33.1 Å². The van der Waals surface area contributed by atoms with Gasteiger partial charge in [0.1, 0.15) is 35.7 Å². The van der Waals surface area contributed by atoms with Gasteiger partial charge in [0.15, 0.2) is 0 Å². The van der Waals surface area contributed by atoms with Crippen LogP contribution in [0.4, 0.5) is 0 Å². The molecule has 7 aromatic rings. The van der Waals surface area contributed by atoms with Gasteiger partial charge in [0.2, 0.25) is 11.8 Å². The van der Waals surface area contributed by atoms with Gasteiger partial charge >= 0.3 is 0 Å². The number of amides is 5. The fourth-order valence-electron chi connectivity index (χ4n) is 9.69. The Morgan fingerprint density at radius 1 is 0.736 bits per heavy atom. The van der Waals surface area contributed by atoms with Crippen molar-refractivity contribution in [1.82, 2.24) is 35.3 Å². The Morgan fingerprint density at radius 3 is 1.96 bits per heavy atom. The highest BCUT2D eigenvalue weighted by molar-refractivity contribution is 7.13. The molecule has 6 heterocycles. The van der Waals surface area contributed by atoms with E-state index in [9.17, 15) is 29.1 Å². The van der Waals surface area contributed by atoms with Crippen molar-refractivity contribution in [3.8, 4) is 32.4 Å². The summed E-state index contributed by atoms with van der Waals surface area (Å²) in [4.78, 5) is 87.2. The van der Waals surface area contributed by atoms with Crippen LogP contribution in [0.2, 0.25) is 0 Å². The van der Waals surface area contributed by atoms with Crippen LogP contribution in [-0.4, -0.2) is 104 Å². The van der Waals surface area contributed by atoms with Crippen LogP contribution in [0.1, 0.15) is 72.6 Å². The Bertz CT molecular complexity index is 3140. The molecule has 72 heavy (non-hydrogen) atoms. The average Bonchev–Trinajstić information content (AvgIpc) is 4.29. The molecule has 0 radical (unpaired) electrons. The lowest BCUT2D eigenvalue weighted by Crippen LogP contribution is -2.50. The van der Waals surface area contributed by atoms with E-state index >= 15 is 0 Å². The van der Waals surface area contributed by atoms with Crippen molar-refractivity contribution >= 4 is 63.5 Å². The second kappa shape index (κ2) is 20.8. The summed E-state index contributed by atoms with van der Waals surface area (Å²) in [5, 5.41) is 18.7. The van der Waals surface area contributed by atoms with Crippen LogP contribution in [0.3, 0.4) is 0 Å². The summed E-state index contributed by atoms with van der Waals surface area (Å²) in [6.45, 7) is 4.56. The molecular weight excluding hydrogens is 971 g/mol. The number of fused-ring (bicyclic) bond motifs is 1. The van der Waals surface area contributed by atoms with E-state index in [0.717, 1.165) is 43.4 Å². The maximum Gasteiger partial charge on any atom is 0.255 e. The third-order valence-corrected chi connectivity index (χ3v) is 16.3. The van der Waals surface area contributed by atoms with Gasteiger partial charge in [-0.05, 0) is 83.4 Å². The van der Waals surface area contributed by atoms with Crippen molar-refractivity contribution in [2.24, 2.45) is 0 Å². The summed E-state index contributed by atoms with van der Waals surface area (Å²) in [6, 6.07) is 28.5. The number of hydrogen-bond acceptors (Lipinski definition) is 13. The van der Waals surface area contributed by atoms with Crippen LogP contribution in [0, 0.1) is 13.8 Å². The first-order valence-corrected chi connectivity index (χ1v) is 26.2. The van der Waals surface area contributed by atoms with Crippen LogP contribution in [0.5, 0.6) is 11.5 Å². The number of thiophene rings is 1. The van der Waals surface area contributed by atoms with Crippen LogP contribution >= 0.6 is 34.0 Å². The molecule has 3 N–H and O–H groups in total. The molecule has 3 aliphatic rings. The monoisotopic (exact) mass is 1020 g/mol. The molecule has 4 aromatic carbocycles. The molecule has 18 heteroatoms. The van der Waals surface area contributed by atoms with E-state index in [1.807, 2.05) is 84.8 Å². The third kappa shape index (κ3) is 9.99. The first-order valence-electron chi connectivity index (χ1n) is 23.5. The maximum absolute atomic E-state index is 14.8. The van der Waals surface area contributed by atoms with Gasteiger partial charge in [0.05, 0.1) is 51.9 Å². The number of carbonyl (C=O) groups excluding carboxylic acids is 5. The largest absolute Gasteiger partial charge is 0.497 e. The number of nitrogens with zero attached hydrogens (tertiary/aromatic N) is 5. The summed E-state index contributed by atoms with van der Waals surface area (Å²) < 4.78 is 11.9. The molecule has 0 spiro atoms. The van der Waals surface area contributed by atoms with E-state index < -0.39 is 48.1 Å². The van der Waals surface area contributed by atoms with E-state index in [1.54, 1.807) is 71.2 Å². The minimum absolute atomic E-state index is 0.0571. The van der Waals surface area contributed by atoms with E-state index in [-0.39, 0.29) is 57.4 Å². The number of aliphatic hydroxyl groups excluding tert-OH is 1. The quantitative estimate of drug-likeness (QED) is 0.0926. The van der Waals surface area contributed by atoms with Crippen molar-refractivity contribution < 1.29 is 38.6 Å². The Balaban J connectivity index is 0.826. The second-order valence-corrected chi connectivity index (χ2v) is 20.8. The highest BCUT2D eigenvalue weighted by atomic mass is 32.1. The van der Waals surface area contributed by atoms with Crippen molar-refractivity contribution in [2.45, 2.75) is 76.7 Å². The number of likely N-dealkylation sites (tertiary alicyclic amines) is 2. The highest BCUT2D eigenvalue weighted by Gasteiger charge is 2.46. The molecule has 2 fully saturated rings. The lowest BCUT2D eigenvalue weighted by atomic mass is 10.1. The number of ether oxygens (including phenoxy) is 2. The number of aryl methyl sites for hydroxylation is 2. The molecule has 0 aliphatic carbocycles. The van der Waals surface area contributed by atoms with Gasteiger partial charge in [-0.15, -0.1) is 34.0 Å². The lowest BCUT2D eigenvalue weighted by Gasteiger charge is -2.32. The van der Waals surface area contributed by atoms with E-state index in [0.29, 0.717) is 33.1 Å². The zero-order valence-corrected chi connectivity index (χ0v) is 42.1. The number of aliphatic hydroxyl groups is 1. The predicted octanol–water partition coefficient (Wildman–Crippen LogP) is 7.57. The fraction of sp³-hybridized carbons (Fsp3) is 0.278. The summed E-state index contributed by atoms with van der Waals surface area (Å²) in [5.74, 6) is -1.07. The number of methoxy groups -OCH3 is 1. The topological polar surface area (TPSA) is 184 Å². The van der Waals surface area contributed by atoms with Crippen LogP contribution in [0.25, 0.3) is 20.9 Å². The zero-order chi connectivity index (χ0) is 50.0. The zero-order valence-electron chi connectivity index (χ0n) is 39.6. The van der Waals surface area contributed by atoms with Gasteiger partial charge in [-0.1, -0.05) is 66.7 Å². The van der Waals surface area contributed by atoms with E-state index in [4.69, 9.17) is 9.47 Å². The van der Waals surface area contributed by atoms with Crippen molar-refractivity contribution in [1.29, 1.82) is 0 Å². The third-order valence-electron chi connectivity index (χ3n) is 13.4. The van der Waals surface area contributed by atoms with Crippen molar-refractivity contribution in [2.75, 3.05) is 20.2 Å². The number of β-amino-alcohol motifs (C(OH)–C–C–N with tert-alkyl or cyclic N) is 1. The van der Waals surface area contributed by atoms with Crippen molar-refractivity contribution in [3.05, 3.63) is 164 Å². The van der Waals surface area contributed by atoms with Gasteiger partial charge in [0.25, 0.3) is 17.7 Å². The SMILES string of the molecule is COc1cccc(C(=O)N2C[C@H](Oc3ccc4c(c3)C(=O)N([C@H](C(=O)N3C[C@H](O)C[C@H]3C(=O)NCc3ccc(-c5scnc5C)cc3)c3cccs3)C4)C[C@H]2C(=O)NCc2ccc(-c3scnc3C)cc2)c1. The molecule has 5 atom stereocenters. The van der Waals surface area contributed by atoms with Gasteiger partial charge in [-0.3, -0.25) is 24.0 Å². The predicted molar refractivity (Wildman–Crippen MR) is 275 cm³/mol. The highest BCUT2D eigenvalue weighted by Crippen LogP contribution is 2.38. The van der Waals surface area contributed by atoms with Gasteiger partial charge in [-0.2, -0.15) is 0 Å². The smallest absolute Gasteiger partial charge is 0.255 e. The number of nitrogens with one attached hydrogen (secondary N) is 2. The summed E-state index contributed by atoms with van der Waals surface area (Å²) in [7, 11) is 1.52. The lowest BCUT2D eigenvalue weighted by molar-refractivity contribution is -0.142. The Labute approximate surface area is 428 Å². The molecular formula is C54H51N7O8S3. The number of benzene rings is 4. The number of aromatic nitrogens is 2. The first kappa shape index (κ1) is 48.4. The minimum Gasteiger partial charge on any atom is -0.497 e. The molecule has 5 amide bonds. The molecule has 10 rings (SSSR count). The van der Waals surface area contributed by atoms with E-state index in [2.05, 4.69) is 20.6 Å². The molecule has 3 aliphatic heterocycles. The number of hydrogen-bond donors (Lipinski definition) is 3. The van der Waals surface area contributed by atoms with Crippen molar-refractivity contribution in [3.63, 3.8) is 0 Å². The van der Waals surface area contributed by atoms with Crippen LogP contribution in [-0.2, 0) is 34.0 Å². The number of carbonyl (C=O) groups is 5. The Kier molecular flexibility index (Phi) is 14.0. The van der Waals surface area contributed by atoms with Gasteiger partial charge < -0.3 is 39.9 Å². The molecule has 368 valence electrons. The average molecular weight is 1020 g/mol. The maximum atomic E-state index is 14.8. The molecule has 0 saturated carbocycles. The van der Waals surface area contributed by atoms with Crippen LogP contribution < -0.4 is 20.1 Å². The summed E-state index contributed by atoms with van der Waals surface area (Å²) in [6.07, 6.45) is -1.30. The molecule has 2 saturated heterocycles. The Morgan fingerprint density at radius 2 is 1.38 bits per heavy atom. The normalized spacial score (nSPS) is 18.8. The standard InChI is InChI=1S/C54H51N7O8S3/c1-31-48(71-29-57-31)35-13-9-33(10-14-35)24-55-50(63)44-21-39(62)27-59(44)54(67)47(46-8-5-19-70-46)61-26-38-17-18-41(22-43(38)53(61)66)69-42-23-45(60(28-42)52(65)37-6-4-7-40(20-37)68-3)51(64)56-25-34-11-15-36(16-12-34)49-32(2)58-30-72-49/h4-20,22,29-30,39,42,44-45,47,62H,21,23-28H2,1-3H3,(H,55,63)(H,56,64)/t39-,42-,44+,45+,47+/m1/s1. The fourth-order valence-corrected chi connectivity index (χ4v) is 12.1. The summed E-state index contributed by atoms with van der Waals surface area (Å²) in [5.41, 5.74) is 10.8. The van der Waals surface area contributed by atoms with Crippen LogP contribution in [0.15, 0.2) is 120 Å². The molecule has 0 bridgehead atoms. The number of thiazole rings is 2. The second-order valence-electron chi connectivity index (χ2n) is 18.1. The summed E-state index contributed by atoms with van der Waals surface area (Å²) >= 11 is 4.47. The number of rotatable bonds is 15. The Hall–Kier alpha value is -7.25. The molecule has 0 unspecified atom stereocenters.